The van der Waals surface area contributed by atoms with E-state index in [0.717, 1.165) is 17.7 Å². The van der Waals surface area contributed by atoms with E-state index < -0.39 is 17.8 Å². The molecule has 0 atom stereocenters. The zero-order chi connectivity index (χ0) is 17.6. The van der Waals surface area contributed by atoms with Crippen LogP contribution in [0, 0.1) is 0 Å². The molecule has 0 aliphatic heterocycles. The number of hydrogen-bond acceptors (Lipinski definition) is 3. The van der Waals surface area contributed by atoms with Gasteiger partial charge in [-0.2, -0.15) is 13.2 Å². The summed E-state index contributed by atoms with van der Waals surface area (Å²) < 4.78 is 43.1. The number of carbonyl (C=O) groups excluding carboxylic acids is 1. The molecule has 2 aromatic rings. The first-order chi connectivity index (χ1) is 11.4. The van der Waals surface area contributed by atoms with Crippen molar-refractivity contribution in [1.29, 1.82) is 0 Å². The van der Waals surface area contributed by atoms with Crippen LogP contribution in [0.25, 0.3) is 6.08 Å². The van der Waals surface area contributed by atoms with Crippen molar-refractivity contribution >= 4 is 12.0 Å². The summed E-state index contributed by atoms with van der Waals surface area (Å²) in [5, 5.41) is 0. The van der Waals surface area contributed by atoms with Crippen LogP contribution in [0.3, 0.4) is 0 Å². The van der Waals surface area contributed by atoms with Crippen LogP contribution in [-0.2, 0) is 28.5 Å². The summed E-state index contributed by atoms with van der Waals surface area (Å²) >= 11 is 0. The molecule has 0 amide bonds. The summed E-state index contributed by atoms with van der Waals surface area (Å²) in [6, 6.07) is 11.6. The smallest absolute Gasteiger partial charge is 0.433 e. The first kappa shape index (κ1) is 17.7. The molecule has 0 spiro atoms. The van der Waals surface area contributed by atoms with Crippen LogP contribution in [0.15, 0.2) is 48.5 Å². The Morgan fingerprint density at radius 1 is 1.12 bits per heavy atom. The molecule has 6 heteroatoms. The molecule has 0 bridgehead atoms. The number of esters is 1. The van der Waals surface area contributed by atoms with Gasteiger partial charge >= 0.3 is 12.1 Å². The van der Waals surface area contributed by atoms with Gasteiger partial charge in [-0.25, -0.2) is 9.78 Å². The van der Waals surface area contributed by atoms with E-state index in [-0.39, 0.29) is 5.69 Å². The van der Waals surface area contributed by atoms with Gasteiger partial charge in [0.2, 0.25) is 0 Å². The van der Waals surface area contributed by atoms with Crippen molar-refractivity contribution in [2.75, 3.05) is 7.11 Å². The van der Waals surface area contributed by atoms with Gasteiger partial charge in [-0.1, -0.05) is 36.4 Å². The lowest BCUT2D eigenvalue weighted by Crippen LogP contribution is -2.11. The Bertz CT molecular complexity index is 725. The van der Waals surface area contributed by atoms with Gasteiger partial charge in [-0.05, 0) is 36.1 Å². The largest absolute Gasteiger partial charge is 0.466 e. The van der Waals surface area contributed by atoms with E-state index in [1.54, 1.807) is 0 Å². The van der Waals surface area contributed by atoms with E-state index in [4.69, 9.17) is 0 Å². The van der Waals surface area contributed by atoms with E-state index in [1.807, 2.05) is 30.3 Å². The minimum Gasteiger partial charge on any atom is -0.466 e. The summed E-state index contributed by atoms with van der Waals surface area (Å²) in [5.74, 6) is -0.580. The first-order valence-electron chi connectivity index (χ1n) is 7.27. The third-order valence-corrected chi connectivity index (χ3v) is 3.39. The summed E-state index contributed by atoms with van der Waals surface area (Å²) in [7, 11) is 1.23. The zero-order valence-corrected chi connectivity index (χ0v) is 13.0. The number of aryl methyl sites for hydroxylation is 2. The monoisotopic (exact) mass is 335 g/mol. The highest BCUT2D eigenvalue weighted by Gasteiger charge is 2.32. The molecule has 1 aromatic heterocycles. The average Bonchev–Trinajstić information content (AvgIpc) is 2.58. The molecule has 2 rings (SSSR count). The summed E-state index contributed by atoms with van der Waals surface area (Å²) in [6.45, 7) is 0. The van der Waals surface area contributed by atoms with Crippen LogP contribution in [-0.4, -0.2) is 18.1 Å². The van der Waals surface area contributed by atoms with Gasteiger partial charge in [0, 0.05) is 11.8 Å². The second-order valence-corrected chi connectivity index (χ2v) is 5.07. The normalized spacial score (nSPS) is 11.7. The van der Waals surface area contributed by atoms with Crippen molar-refractivity contribution in [1.82, 2.24) is 4.98 Å². The number of methoxy groups -OCH3 is 1. The highest BCUT2D eigenvalue weighted by atomic mass is 19.4. The lowest BCUT2D eigenvalue weighted by molar-refractivity contribution is -0.141. The third-order valence-electron chi connectivity index (χ3n) is 3.39. The molecule has 1 aromatic carbocycles. The van der Waals surface area contributed by atoms with Gasteiger partial charge in [0.1, 0.15) is 5.69 Å². The van der Waals surface area contributed by atoms with E-state index >= 15 is 0 Å². The fourth-order valence-corrected chi connectivity index (χ4v) is 2.16. The minimum absolute atomic E-state index is 0.286. The van der Waals surface area contributed by atoms with Crippen molar-refractivity contribution in [3.63, 3.8) is 0 Å². The third kappa shape index (κ3) is 4.94. The van der Waals surface area contributed by atoms with Crippen molar-refractivity contribution in [2.24, 2.45) is 0 Å². The Hall–Kier alpha value is -2.63. The number of benzene rings is 1. The predicted molar refractivity (Wildman–Crippen MR) is 84.1 cm³/mol. The quantitative estimate of drug-likeness (QED) is 0.611. The molecule has 0 aliphatic rings. The van der Waals surface area contributed by atoms with Crippen molar-refractivity contribution in [3.05, 3.63) is 71.1 Å². The molecule has 0 saturated carbocycles. The standard InChI is InChI=1S/C18H16F3NO2/c1-24-17(23)12-9-14-8-11-16(18(19,20)21)22-15(14)10-7-13-5-3-2-4-6-13/h2-6,8-9,11-12H,7,10H2,1H3/b12-9+. The number of carbonyl (C=O) groups is 1. The van der Waals surface area contributed by atoms with Gasteiger partial charge in [0.25, 0.3) is 0 Å². The molecule has 3 nitrogen and oxygen atoms in total. The molecule has 0 fully saturated rings. The number of halogens is 3. The number of ether oxygens (including phenoxy) is 1. The molecule has 0 unspecified atom stereocenters. The minimum atomic E-state index is -4.51. The molecule has 0 radical (unpaired) electrons. The van der Waals surface area contributed by atoms with Gasteiger partial charge in [0.15, 0.2) is 0 Å². The SMILES string of the molecule is COC(=O)/C=C/c1ccc(C(F)(F)F)nc1CCc1ccccc1. The second kappa shape index (κ2) is 7.77. The highest BCUT2D eigenvalue weighted by Crippen LogP contribution is 2.28. The van der Waals surface area contributed by atoms with E-state index in [0.29, 0.717) is 18.4 Å². The molecule has 0 N–H and O–H groups in total. The fraction of sp³-hybridized carbons (Fsp3) is 0.222. The zero-order valence-electron chi connectivity index (χ0n) is 13.0. The molecular formula is C18H16F3NO2. The Balaban J connectivity index is 2.29. The fourth-order valence-electron chi connectivity index (χ4n) is 2.16. The summed E-state index contributed by atoms with van der Waals surface area (Å²) in [6.07, 6.45) is -1.05. The average molecular weight is 335 g/mol. The molecule has 1 heterocycles. The topological polar surface area (TPSA) is 39.2 Å². The maximum atomic E-state index is 12.9. The molecule has 24 heavy (non-hydrogen) atoms. The lowest BCUT2D eigenvalue weighted by atomic mass is 10.0. The predicted octanol–water partition coefficient (Wildman–Crippen LogP) is 4.07. The van der Waals surface area contributed by atoms with Gasteiger partial charge in [-0.3, -0.25) is 0 Å². The summed E-state index contributed by atoms with van der Waals surface area (Å²) in [5.41, 5.74) is 0.804. The summed E-state index contributed by atoms with van der Waals surface area (Å²) in [4.78, 5) is 14.9. The number of nitrogens with zero attached hydrogens (tertiary/aromatic N) is 1. The number of aromatic nitrogens is 1. The Kier molecular flexibility index (Phi) is 5.73. The maximum absolute atomic E-state index is 12.9. The van der Waals surface area contributed by atoms with Gasteiger partial charge < -0.3 is 4.74 Å². The highest BCUT2D eigenvalue weighted by molar-refractivity contribution is 5.87. The Morgan fingerprint density at radius 3 is 2.46 bits per heavy atom. The Morgan fingerprint density at radius 2 is 1.83 bits per heavy atom. The van der Waals surface area contributed by atoms with Crippen molar-refractivity contribution in [3.8, 4) is 0 Å². The maximum Gasteiger partial charge on any atom is 0.433 e. The van der Waals surface area contributed by atoms with Gasteiger partial charge in [-0.15, -0.1) is 0 Å². The Labute approximate surface area is 137 Å². The van der Waals surface area contributed by atoms with Crippen LogP contribution in [0.1, 0.15) is 22.5 Å². The molecule has 0 saturated heterocycles. The van der Waals surface area contributed by atoms with E-state index in [9.17, 15) is 18.0 Å². The van der Waals surface area contributed by atoms with E-state index in [2.05, 4.69) is 9.72 Å². The number of hydrogen-bond donors (Lipinski definition) is 0. The van der Waals surface area contributed by atoms with Crippen LogP contribution in [0.4, 0.5) is 13.2 Å². The van der Waals surface area contributed by atoms with Crippen LogP contribution < -0.4 is 0 Å². The number of rotatable bonds is 5. The van der Waals surface area contributed by atoms with E-state index in [1.165, 1.54) is 19.3 Å². The van der Waals surface area contributed by atoms with Gasteiger partial charge in [0.05, 0.1) is 7.11 Å². The molecule has 126 valence electrons. The van der Waals surface area contributed by atoms with Crippen LogP contribution in [0.5, 0.6) is 0 Å². The van der Waals surface area contributed by atoms with Crippen molar-refractivity contribution < 1.29 is 22.7 Å². The first-order valence-corrected chi connectivity index (χ1v) is 7.27. The second-order valence-electron chi connectivity index (χ2n) is 5.07. The number of alkyl halides is 3. The van der Waals surface area contributed by atoms with Crippen molar-refractivity contribution in [2.45, 2.75) is 19.0 Å². The molecular weight excluding hydrogens is 319 g/mol. The lowest BCUT2D eigenvalue weighted by Gasteiger charge is -2.11. The number of pyridine rings is 1. The molecule has 0 aliphatic carbocycles. The van der Waals surface area contributed by atoms with Crippen LogP contribution in [0.2, 0.25) is 0 Å². The van der Waals surface area contributed by atoms with Crippen LogP contribution >= 0.6 is 0 Å².